The van der Waals surface area contributed by atoms with Crippen molar-refractivity contribution in [1.29, 1.82) is 0 Å². The number of carbonyl (C=O) groups excluding carboxylic acids is 3. The van der Waals surface area contributed by atoms with Crippen LogP contribution in [0.4, 0.5) is 0 Å². The van der Waals surface area contributed by atoms with Crippen LogP contribution in [-0.2, 0) is 57.6 Å². The summed E-state index contributed by atoms with van der Waals surface area (Å²) in [6.07, 6.45) is 11.8. The zero-order valence-electron chi connectivity index (χ0n) is 20.9. The molecule has 12 heteroatoms. The van der Waals surface area contributed by atoms with Crippen molar-refractivity contribution in [3.63, 3.8) is 0 Å². The zero-order chi connectivity index (χ0) is 27.6. The molecule has 0 aliphatic rings. The highest BCUT2D eigenvalue weighted by Gasteiger charge is 2.29. The standard InChI is InChI=1S/C25H34O12/c1-5-22(26)32-16-14-30-12-13-31-20-25(8-4,21-36-34-19-17-33-23(27)6-2)10-9-11-29-15-18-35-37-24(28)7-3/h5-7,9,11,14,16-17,19H,1-3,8,10,12-13,15,18,20-21H2,4H3/b11-9+,16-14+,19-17-. The summed E-state index contributed by atoms with van der Waals surface area (Å²) in [5.41, 5.74) is -0.503. The second kappa shape index (κ2) is 22.6. The van der Waals surface area contributed by atoms with Gasteiger partial charge >= 0.3 is 17.9 Å². The van der Waals surface area contributed by atoms with Crippen LogP contribution in [0.25, 0.3) is 0 Å². The fourth-order valence-electron chi connectivity index (χ4n) is 2.17. The first kappa shape index (κ1) is 33.1. The Labute approximate surface area is 216 Å². The van der Waals surface area contributed by atoms with Crippen molar-refractivity contribution in [2.75, 3.05) is 39.6 Å². The van der Waals surface area contributed by atoms with E-state index in [0.29, 0.717) is 12.8 Å². The van der Waals surface area contributed by atoms with Crippen molar-refractivity contribution in [1.82, 2.24) is 0 Å². The monoisotopic (exact) mass is 526 g/mol. The van der Waals surface area contributed by atoms with Gasteiger partial charge in [-0.05, 0) is 18.9 Å². The van der Waals surface area contributed by atoms with Gasteiger partial charge in [0.15, 0.2) is 6.26 Å². The van der Waals surface area contributed by atoms with Gasteiger partial charge in [-0.2, -0.15) is 9.78 Å². The normalized spacial score (nSPS) is 12.6. The molecule has 1 atom stereocenters. The van der Waals surface area contributed by atoms with Crippen LogP contribution >= 0.6 is 0 Å². The molecule has 0 aromatic carbocycles. The lowest BCUT2D eigenvalue weighted by atomic mass is 9.83. The molecule has 0 aromatic heterocycles. The first-order valence-electron chi connectivity index (χ1n) is 11.1. The van der Waals surface area contributed by atoms with Crippen LogP contribution in [0, 0.1) is 5.41 Å². The predicted octanol–water partition coefficient (Wildman–Crippen LogP) is 3.35. The minimum atomic E-state index is -0.697. The zero-order valence-corrected chi connectivity index (χ0v) is 20.9. The number of ether oxygens (including phenoxy) is 5. The molecule has 0 bridgehead atoms. The van der Waals surface area contributed by atoms with E-state index >= 15 is 0 Å². The molecule has 0 aromatic rings. The van der Waals surface area contributed by atoms with Gasteiger partial charge in [-0.15, -0.1) is 0 Å². The van der Waals surface area contributed by atoms with Crippen molar-refractivity contribution in [3.05, 3.63) is 75.4 Å². The van der Waals surface area contributed by atoms with Gasteiger partial charge in [-0.3, -0.25) is 4.89 Å². The summed E-state index contributed by atoms with van der Waals surface area (Å²) in [4.78, 5) is 52.0. The Hall–Kier alpha value is -3.87. The highest BCUT2D eigenvalue weighted by molar-refractivity contribution is 5.82. The van der Waals surface area contributed by atoms with E-state index in [4.69, 9.17) is 24.0 Å². The number of hydrogen-bond acceptors (Lipinski definition) is 12. The third-order valence-electron chi connectivity index (χ3n) is 4.24. The molecule has 0 fully saturated rings. The number of allylic oxidation sites excluding steroid dienone is 1. The van der Waals surface area contributed by atoms with E-state index in [1.54, 1.807) is 6.08 Å². The van der Waals surface area contributed by atoms with E-state index in [1.165, 1.54) is 12.5 Å². The van der Waals surface area contributed by atoms with Gasteiger partial charge < -0.3 is 28.6 Å². The molecule has 0 aliphatic heterocycles. The first-order chi connectivity index (χ1) is 17.9. The topological polar surface area (TPSA) is 134 Å². The highest BCUT2D eigenvalue weighted by Crippen LogP contribution is 2.28. The molecule has 1 unspecified atom stereocenters. The quantitative estimate of drug-likeness (QED) is 0.0482. The second-order valence-electron chi connectivity index (χ2n) is 6.84. The molecular weight excluding hydrogens is 492 g/mol. The van der Waals surface area contributed by atoms with Crippen molar-refractivity contribution in [3.8, 4) is 0 Å². The second-order valence-corrected chi connectivity index (χ2v) is 6.84. The molecule has 0 radical (unpaired) electrons. The maximum Gasteiger partial charge on any atom is 0.365 e. The largest absolute Gasteiger partial charge is 0.499 e. The van der Waals surface area contributed by atoms with Gasteiger partial charge in [0.2, 0.25) is 0 Å². The Bertz CT molecular complexity index is 787. The van der Waals surface area contributed by atoms with Gasteiger partial charge in [-0.1, -0.05) is 26.7 Å². The average molecular weight is 527 g/mol. The van der Waals surface area contributed by atoms with E-state index in [-0.39, 0.29) is 39.6 Å². The Morgan fingerprint density at radius 1 is 0.703 bits per heavy atom. The van der Waals surface area contributed by atoms with Crippen LogP contribution in [0.15, 0.2) is 75.4 Å². The number of hydrogen-bond donors (Lipinski definition) is 0. The molecule has 0 N–H and O–H groups in total. The van der Waals surface area contributed by atoms with Crippen LogP contribution in [-0.4, -0.2) is 57.5 Å². The SMILES string of the molecule is C=CC(=O)O/C=C\OOCC(CC)(C/C=C/OCCOOC(=O)C=C)COCCO/C=C/OC(=O)C=C. The molecule has 0 aliphatic carbocycles. The van der Waals surface area contributed by atoms with Crippen molar-refractivity contribution < 1.29 is 57.6 Å². The Kier molecular flexibility index (Phi) is 20.2. The van der Waals surface area contributed by atoms with E-state index in [1.807, 2.05) is 6.92 Å². The molecule has 206 valence electrons. The van der Waals surface area contributed by atoms with Crippen molar-refractivity contribution >= 4 is 17.9 Å². The summed E-state index contributed by atoms with van der Waals surface area (Å²) >= 11 is 0. The van der Waals surface area contributed by atoms with Crippen LogP contribution < -0.4 is 0 Å². The van der Waals surface area contributed by atoms with Crippen LogP contribution in [0.2, 0.25) is 0 Å². The molecular formula is C25H34O12. The van der Waals surface area contributed by atoms with E-state index < -0.39 is 23.3 Å². The van der Waals surface area contributed by atoms with Crippen LogP contribution in [0.1, 0.15) is 19.8 Å². The first-order valence-corrected chi connectivity index (χ1v) is 11.1. The number of esters is 2. The molecule has 0 spiro atoms. The summed E-state index contributed by atoms with van der Waals surface area (Å²) in [7, 11) is 0. The number of rotatable bonds is 23. The van der Waals surface area contributed by atoms with Crippen LogP contribution in [0.5, 0.6) is 0 Å². The van der Waals surface area contributed by atoms with E-state index in [2.05, 4.69) is 39.0 Å². The molecule has 12 nitrogen and oxygen atoms in total. The summed E-state index contributed by atoms with van der Waals surface area (Å²) in [5, 5.41) is 0. The van der Waals surface area contributed by atoms with Gasteiger partial charge in [0.05, 0.1) is 19.5 Å². The molecule has 0 saturated heterocycles. The predicted molar refractivity (Wildman–Crippen MR) is 129 cm³/mol. The molecule has 37 heavy (non-hydrogen) atoms. The fraction of sp³-hybridized carbons (Fsp3) is 0.400. The number of carbonyl (C=O) groups is 3. The molecule has 0 rings (SSSR count). The Morgan fingerprint density at radius 2 is 1.32 bits per heavy atom. The fourth-order valence-corrected chi connectivity index (χ4v) is 2.17. The molecule has 0 saturated carbocycles. The van der Waals surface area contributed by atoms with E-state index in [0.717, 1.165) is 37.0 Å². The third-order valence-corrected chi connectivity index (χ3v) is 4.24. The minimum absolute atomic E-state index is 0.0346. The van der Waals surface area contributed by atoms with Crippen molar-refractivity contribution in [2.24, 2.45) is 5.41 Å². The smallest absolute Gasteiger partial charge is 0.365 e. The van der Waals surface area contributed by atoms with Gasteiger partial charge in [0.25, 0.3) is 0 Å². The lowest BCUT2D eigenvalue weighted by Crippen LogP contribution is -2.32. The van der Waals surface area contributed by atoms with Gasteiger partial charge in [0, 0.05) is 23.6 Å². The molecule has 0 heterocycles. The van der Waals surface area contributed by atoms with Gasteiger partial charge in [0.1, 0.15) is 45.2 Å². The Morgan fingerprint density at radius 3 is 1.97 bits per heavy atom. The molecule has 0 amide bonds. The lowest BCUT2D eigenvalue weighted by molar-refractivity contribution is -0.273. The highest BCUT2D eigenvalue weighted by atomic mass is 17.2. The minimum Gasteiger partial charge on any atom is -0.499 e. The maximum atomic E-state index is 11.0. The Balaban J connectivity index is 4.64. The summed E-state index contributed by atoms with van der Waals surface area (Å²) in [6.45, 7) is 12.8. The maximum absolute atomic E-state index is 11.0. The summed E-state index contributed by atoms with van der Waals surface area (Å²) < 4.78 is 25.5. The van der Waals surface area contributed by atoms with Crippen LogP contribution in [0.3, 0.4) is 0 Å². The summed E-state index contributed by atoms with van der Waals surface area (Å²) in [6, 6.07) is 0. The third kappa shape index (κ3) is 19.0. The average Bonchev–Trinajstić information content (AvgIpc) is 2.92. The van der Waals surface area contributed by atoms with Crippen molar-refractivity contribution in [2.45, 2.75) is 19.8 Å². The van der Waals surface area contributed by atoms with E-state index in [9.17, 15) is 14.4 Å². The summed E-state index contributed by atoms with van der Waals surface area (Å²) in [5.74, 6) is -1.93. The lowest BCUT2D eigenvalue weighted by Gasteiger charge is -2.30. The van der Waals surface area contributed by atoms with Gasteiger partial charge in [-0.25, -0.2) is 14.4 Å².